The molecule has 0 saturated carbocycles. The van der Waals surface area contributed by atoms with Crippen molar-refractivity contribution in [3.8, 4) is 5.75 Å². The number of anilines is 1. The normalized spacial score (nSPS) is 9.00. The van der Waals surface area contributed by atoms with Crippen LogP contribution >= 0.6 is 0 Å². The van der Waals surface area contributed by atoms with E-state index in [9.17, 15) is 4.79 Å². The van der Waals surface area contributed by atoms with Gasteiger partial charge in [-0.05, 0) is 18.9 Å². The molecule has 4 nitrogen and oxygen atoms in total. The third-order valence-electron chi connectivity index (χ3n) is 1.59. The average Bonchev–Trinajstić information content (AvgIpc) is 2.18. The maximum absolute atomic E-state index is 10.1. The molecule has 0 heterocycles. The summed E-state index contributed by atoms with van der Waals surface area (Å²) in [6, 6.07) is 5.17. The molecule has 0 spiro atoms. The number of ether oxygens (including phenoxy) is 1. The van der Waals surface area contributed by atoms with Gasteiger partial charge >= 0.3 is 0 Å². The predicted octanol–water partition coefficient (Wildman–Crippen LogP) is 1.60. The minimum Gasteiger partial charge on any atom is -0.426 e. The molecule has 4 heteroatoms. The molecule has 0 saturated heterocycles. The number of hydrogen-bond donors (Lipinski definition) is 1. The van der Waals surface area contributed by atoms with Crippen LogP contribution in [0.3, 0.4) is 0 Å². The topological polar surface area (TPSA) is 50.7 Å². The van der Waals surface area contributed by atoms with Crippen LogP contribution < -0.4 is 10.1 Å². The lowest BCUT2D eigenvalue weighted by Gasteiger charge is -2.06. The molecule has 1 aromatic rings. The lowest BCUT2D eigenvalue weighted by Crippen LogP contribution is -1.95. The van der Waals surface area contributed by atoms with Crippen molar-refractivity contribution in [1.29, 1.82) is 0 Å². The van der Waals surface area contributed by atoms with Gasteiger partial charge in [-0.2, -0.15) is 0 Å². The van der Waals surface area contributed by atoms with Gasteiger partial charge in [0.05, 0.1) is 11.4 Å². The molecular weight excluding hydrogens is 168 g/mol. The van der Waals surface area contributed by atoms with Gasteiger partial charge < -0.3 is 10.1 Å². The van der Waals surface area contributed by atoms with E-state index in [-0.39, 0.29) is 0 Å². The first-order chi connectivity index (χ1) is 6.31. The molecule has 1 rings (SSSR count). The summed E-state index contributed by atoms with van der Waals surface area (Å²) in [5.41, 5.74) is 1.40. The van der Waals surface area contributed by atoms with Gasteiger partial charge in [-0.25, -0.2) is 0 Å². The number of benzene rings is 1. The van der Waals surface area contributed by atoms with Gasteiger partial charge in [0.2, 0.25) is 0 Å². The van der Waals surface area contributed by atoms with Crippen molar-refractivity contribution in [3.63, 3.8) is 0 Å². The largest absolute Gasteiger partial charge is 0.426 e. The summed E-state index contributed by atoms with van der Waals surface area (Å²) < 4.78 is 4.74. The third kappa shape index (κ3) is 2.05. The zero-order valence-corrected chi connectivity index (χ0v) is 7.28. The maximum Gasteiger partial charge on any atom is 0.298 e. The van der Waals surface area contributed by atoms with Gasteiger partial charge in [0, 0.05) is 13.1 Å². The molecule has 0 fully saturated rings. The Labute approximate surface area is 76.2 Å². The van der Waals surface area contributed by atoms with E-state index >= 15 is 0 Å². The fourth-order valence-corrected chi connectivity index (χ4v) is 0.965. The highest BCUT2D eigenvalue weighted by molar-refractivity contribution is 5.66. The average molecular weight is 178 g/mol. The molecule has 0 aliphatic rings. The lowest BCUT2D eigenvalue weighted by atomic mass is 10.2. The van der Waals surface area contributed by atoms with Gasteiger partial charge in [-0.15, -0.1) is 0 Å². The molecule has 0 radical (unpaired) electrons. The second-order valence-corrected chi connectivity index (χ2v) is 2.30. The van der Waals surface area contributed by atoms with Crippen LogP contribution in [0.15, 0.2) is 23.2 Å². The molecule has 0 aliphatic heterocycles. The third-order valence-corrected chi connectivity index (χ3v) is 1.59. The van der Waals surface area contributed by atoms with E-state index in [0.29, 0.717) is 17.9 Å². The Morgan fingerprint density at radius 2 is 2.38 bits per heavy atom. The van der Waals surface area contributed by atoms with Crippen LogP contribution in [-0.4, -0.2) is 20.2 Å². The van der Waals surface area contributed by atoms with Crippen LogP contribution in [0.5, 0.6) is 5.75 Å². The Kier molecular flexibility index (Phi) is 3.03. The van der Waals surface area contributed by atoms with E-state index < -0.39 is 0 Å². The van der Waals surface area contributed by atoms with Crippen LogP contribution in [0.25, 0.3) is 0 Å². The first kappa shape index (κ1) is 9.25. The molecule has 1 N–H and O–H groups in total. The Bertz CT molecular complexity index is 323. The quantitative estimate of drug-likeness (QED) is 0.562. The van der Waals surface area contributed by atoms with Crippen molar-refractivity contribution in [2.24, 2.45) is 4.99 Å². The van der Waals surface area contributed by atoms with Gasteiger partial charge in [-0.3, -0.25) is 9.79 Å². The van der Waals surface area contributed by atoms with Crippen molar-refractivity contribution in [2.75, 3.05) is 12.4 Å². The van der Waals surface area contributed by atoms with Crippen molar-refractivity contribution in [2.45, 2.75) is 0 Å². The molecule has 0 atom stereocenters. The highest BCUT2D eigenvalue weighted by atomic mass is 16.5. The SMILES string of the molecule is C=Nc1ccc(NC)c(OC=O)c1. The summed E-state index contributed by atoms with van der Waals surface area (Å²) in [6.07, 6.45) is 0. The zero-order valence-electron chi connectivity index (χ0n) is 7.28. The summed E-state index contributed by atoms with van der Waals surface area (Å²) in [6.45, 7) is 3.75. The second-order valence-electron chi connectivity index (χ2n) is 2.30. The number of carbonyl (C=O) groups is 1. The van der Waals surface area contributed by atoms with Crippen LogP contribution in [0.4, 0.5) is 11.4 Å². The van der Waals surface area contributed by atoms with Crippen molar-refractivity contribution in [3.05, 3.63) is 18.2 Å². The minimum absolute atomic E-state index is 0.378. The first-order valence-corrected chi connectivity index (χ1v) is 3.70. The van der Waals surface area contributed by atoms with Crippen molar-refractivity contribution >= 4 is 24.6 Å². The molecule has 13 heavy (non-hydrogen) atoms. The smallest absolute Gasteiger partial charge is 0.298 e. The molecule has 0 aromatic heterocycles. The molecular formula is C9H10N2O2. The Hall–Kier alpha value is -1.84. The van der Waals surface area contributed by atoms with Crippen LogP contribution in [0, 0.1) is 0 Å². The monoisotopic (exact) mass is 178 g/mol. The number of nitrogens with one attached hydrogen (secondary N) is 1. The summed E-state index contributed by atoms with van der Waals surface area (Å²) in [4.78, 5) is 13.9. The molecule has 0 bridgehead atoms. The van der Waals surface area contributed by atoms with Crippen molar-refractivity contribution in [1.82, 2.24) is 0 Å². The fourth-order valence-electron chi connectivity index (χ4n) is 0.965. The Balaban J connectivity index is 3.08. The van der Waals surface area contributed by atoms with Crippen LogP contribution in [0.1, 0.15) is 0 Å². The van der Waals surface area contributed by atoms with E-state index in [1.807, 2.05) is 0 Å². The number of rotatable bonds is 4. The highest BCUT2D eigenvalue weighted by Gasteiger charge is 2.02. The predicted molar refractivity (Wildman–Crippen MR) is 51.9 cm³/mol. The van der Waals surface area contributed by atoms with Crippen LogP contribution in [0.2, 0.25) is 0 Å². The molecule has 1 aromatic carbocycles. The summed E-state index contributed by atoms with van der Waals surface area (Å²) in [5, 5.41) is 2.89. The summed E-state index contributed by atoms with van der Waals surface area (Å²) in [5.74, 6) is 0.447. The van der Waals surface area contributed by atoms with Gasteiger partial charge in [0.15, 0.2) is 5.75 Å². The minimum atomic E-state index is 0.378. The number of aliphatic imine (C=N–C) groups is 1. The first-order valence-electron chi connectivity index (χ1n) is 3.70. The van der Waals surface area contributed by atoms with Gasteiger partial charge in [0.1, 0.15) is 0 Å². The number of carbonyl (C=O) groups excluding carboxylic acids is 1. The van der Waals surface area contributed by atoms with E-state index in [1.54, 1.807) is 25.2 Å². The maximum atomic E-state index is 10.1. The molecule has 0 aliphatic carbocycles. The Morgan fingerprint density at radius 1 is 1.62 bits per heavy atom. The Morgan fingerprint density at radius 3 is 2.92 bits per heavy atom. The fraction of sp³-hybridized carbons (Fsp3) is 0.111. The zero-order chi connectivity index (χ0) is 9.68. The molecule has 0 unspecified atom stereocenters. The van der Waals surface area contributed by atoms with Gasteiger partial charge in [0.25, 0.3) is 6.47 Å². The van der Waals surface area contributed by atoms with Crippen LogP contribution in [-0.2, 0) is 4.79 Å². The number of nitrogens with zero attached hydrogens (tertiary/aromatic N) is 1. The standard InChI is InChI=1S/C9H10N2O2/c1-10-7-3-4-8(11-2)9(5-7)13-6-12/h3-6,11H,1H2,2H3. The molecule has 68 valence electrons. The summed E-state index contributed by atoms with van der Waals surface area (Å²) in [7, 11) is 1.74. The molecule has 0 amide bonds. The summed E-state index contributed by atoms with van der Waals surface area (Å²) >= 11 is 0. The van der Waals surface area contributed by atoms with E-state index in [1.165, 1.54) is 0 Å². The number of hydrogen-bond acceptors (Lipinski definition) is 4. The lowest BCUT2D eigenvalue weighted by molar-refractivity contribution is -0.120. The highest BCUT2D eigenvalue weighted by Crippen LogP contribution is 2.28. The van der Waals surface area contributed by atoms with Gasteiger partial charge in [-0.1, -0.05) is 0 Å². The second kappa shape index (κ2) is 4.25. The van der Waals surface area contributed by atoms with Crippen molar-refractivity contribution < 1.29 is 9.53 Å². The van der Waals surface area contributed by atoms with E-state index in [0.717, 1.165) is 5.69 Å². The van der Waals surface area contributed by atoms with E-state index in [4.69, 9.17) is 4.74 Å². The van der Waals surface area contributed by atoms with E-state index in [2.05, 4.69) is 17.0 Å².